The molecule has 2 aliphatic rings. The average molecular weight is 675 g/mol. The fourth-order valence-electron chi connectivity index (χ4n) is 6.37. The summed E-state index contributed by atoms with van der Waals surface area (Å²) in [6.07, 6.45) is 1.18. The largest absolute Gasteiger partial charge is 0.494 e. The molecule has 48 heavy (non-hydrogen) atoms. The van der Waals surface area contributed by atoms with Crippen LogP contribution in [0.2, 0.25) is 0 Å². The maximum atomic E-state index is 14.3. The number of anilines is 1. The molecule has 2 atom stereocenters. The first kappa shape index (κ1) is 31.7. The molecular formula is C33H35FN8O5S. The van der Waals surface area contributed by atoms with Crippen molar-refractivity contribution in [2.75, 3.05) is 25.5 Å². The first-order chi connectivity index (χ1) is 22.9. The van der Waals surface area contributed by atoms with Crippen molar-refractivity contribution in [3.8, 4) is 17.3 Å². The van der Waals surface area contributed by atoms with Crippen molar-refractivity contribution in [3.63, 3.8) is 0 Å². The molecule has 2 fully saturated rings. The predicted molar refractivity (Wildman–Crippen MR) is 178 cm³/mol. The van der Waals surface area contributed by atoms with E-state index in [9.17, 15) is 22.4 Å². The van der Waals surface area contributed by atoms with Gasteiger partial charge in [-0.3, -0.25) is 9.59 Å². The van der Waals surface area contributed by atoms with Crippen LogP contribution in [0, 0.1) is 5.92 Å². The molecule has 5 aromatic rings. The molecule has 5 N–H and O–H groups in total. The molecule has 0 unspecified atom stereocenters. The van der Waals surface area contributed by atoms with Crippen molar-refractivity contribution < 1.29 is 27.1 Å². The number of ether oxygens (including phenoxy) is 1. The highest BCUT2D eigenvalue weighted by Gasteiger charge is 2.31. The number of carbonyl (C=O) groups is 2. The van der Waals surface area contributed by atoms with Crippen LogP contribution >= 0.6 is 0 Å². The number of hydrogen-bond donors (Lipinski definition) is 3. The second-order valence-corrected chi connectivity index (χ2v) is 14.1. The zero-order chi connectivity index (χ0) is 33.9. The van der Waals surface area contributed by atoms with E-state index in [0.29, 0.717) is 46.3 Å². The van der Waals surface area contributed by atoms with Gasteiger partial charge in [-0.1, -0.05) is 6.07 Å². The summed E-state index contributed by atoms with van der Waals surface area (Å²) in [4.78, 5) is 37.8. The molecule has 2 amide bonds. The number of piperidine rings is 1. The van der Waals surface area contributed by atoms with E-state index in [1.54, 1.807) is 24.3 Å². The Morgan fingerprint density at radius 3 is 2.58 bits per heavy atom. The van der Waals surface area contributed by atoms with Gasteiger partial charge in [0.1, 0.15) is 28.8 Å². The van der Waals surface area contributed by atoms with Crippen molar-refractivity contribution in [1.29, 1.82) is 0 Å². The van der Waals surface area contributed by atoms with Crippen molar-refractivity contribution in [2.45, 2.75) is 42.9 Å². The number of alkyl halides is 1. The first-order valence-electron chi connectivity index (χ1n) is 15.6. The normalized spacial score (nSPS) is 18.4. The molecule has 0 radical (unpaired) electrons. The van der Waals surface area contributed by atoms with Crippen LogP contribution < -0.4 is 20.9 Å². The van der Waals surface area contributed by atoms with Gasteiger partial charge in [-0.25, -0.2) is 27.9 Å². The minimum absolute atomic E-state index is 0.0172. The summed E-state index contributed by atoms with van der Waals surface area (Å²) < 4.78 is 47.5. The Morgan fingerprint density at radius 2 is 1.88 bits per heavy atom. The van der Waals surface area contributed by atoms with Gasteiger partial charge in [0.15, 0.2) is 5.82 Å². The number of nitrogens with zero attached hydrogens (tertiary/aromatic N) is 5. The highest BCUT2D eigenvalue weighted by molar-refractivity contribution is 7.89. The molecule has 1 aliphatic heterocycles. The molecule has 0 spiro atoms. The Hall–Kier alpha value is -4.86. The highest BCUT2D eigenvalue weighted by Crippen LogP contribution is 2.38. The zero-order valence-corrected chi connectivity index (χ0v) is 27.2. The van der Waals surface area contributed by atoms with E-state index >= 15 is 0 Å². The molecule has 4 heterocycles. The maximum Gasteiger partial charge on any atom is 0.274 e. The van der Waals surface area contributed by atoms with Crippen LogP contribution in [-0.4, -0.2) is 76.6 Å². The predicted octanol–water partition coefficient (Wildman–Crippen LogP) is 3.42. The average Bonchev–Trinajstić information content (AvgIpc) is 3.72. The van der Waals surface area contributed by atoms with Crippen LogP contribution in [0.4, 0.5) is 10.1 Å². The Balaban J connectivity index is 1.27. The Morgan fingerprint density at radius 1 is 1.08 bits per heavy atom. The van der Waals surface area contributed by atoms with Crippen molar-refractivity contribution in [3.05, 3.63) is 65.9 Å². The van der Waals surface area contributed by atoms with Crippen LogP contribution in [0.25, 0.3) is 33.6 Å². The molecular weight excluding hydrogens is 639 g/mol. The lowest BCUT2D eigenvalue weighted by molar-refractivity contribution is 0.0606. The van der Waals surface area contributed by atoms with Crippen LogP contribution in [0.5, 0.6) is 5.75 Å². The smallest absolute Gasteiger partial charge is 0.274 e. The van der Waals surface area contributed by atoms with Gasteiger partial charge in [0.25, 0.3) is 11.8 Å². The third-order valence-corrected chi connectivity index (χ3v) is 9.80. The molecule has 250 valence electrons. The topological polar surface area (TPSA) is 180 Å². The number of fused-ring (bicyclic) bond motifs is 2. The van der Waals surface area contributed by atoms with Gasteiger partial charge in [0.05, 0.1) is 29.8 Å². The molecule has 1 aliphatic carbocycles. The van der Waals surface area contributed by atoms with Gasteiger partial charge in [0, 0.05) is 42.8 Å². The van der Waals surface area contributed by atoms with Crippen LogP contribution in [0.1, 0.15) is 40.1 Å². The minimum atomic E-state index is -3.95. The van der Waals surface area contributed by atoms with E-state index in [-0.39, 0.29) is 41.7 Å². The Bertz CT molecular complexity index is 2200. The molecule has 15 heteroatoms. The number of aromatic nitrogens is 4. The van der Waals surface area contributed by atoms with Gasteiger partial charge < -0.3 is 29.8 Å². The van der Waals surface area contributed by atoms with Gasteiger partial charge in [0.2, 0.25) is 10.0 Å². The number of carbonyl (C=O) groups excluding carboxylic acids is 2. The van der Waals surface area contributed by atoms with Crippen molar-refractivity contribution in [2.24, 2.45) is 23.8 Å². The SMILES string of the molecule is COc1cc(C(=O)N2C[C@H](N)C[C@@H](F)C2)cc2nc(-c3cc4ccc(C(=O)Nc5cccc(S(N)(=O)=O)c5)nc4n3CC3CC3)n(C)c12. The zero-order valence-electron chi connectivity index (χ0n) is 26.4. The number of primary sulfonamides is 1. The number of halogens is 1. The lowest BCUT2D eigenvalue weighted by atomic mass is 10.0. The summed E-state index contributed by atoms with van der Waals surface area (Å²) in [5.74, 6) is 0.658. The summed E-state index contributed by atoms with van der Waals surface area (Å²) >= 11 is 0. The number of rotatable bonds is 8. The second kappa shape index (κ2) is 12.0. The first-order valence-corrected chi connectivity index (χ1v) is 17.1. The number of sulfonamides is 1. The lowest BCUT2D eigenvalue weighted by Crippen LogP contribution is -2.50. The molecule has 1 saturated heterocycles. The van der Waals surface area contributed by atoms with Crippen LogP contribution in [0.3, 0.4) is 0 Å². The molecule has 3 aromatic heterocycles. The lowest BCUT2D eigenvalue weighted by Gasteiger charge is -2.33. The number of aryl methyl sites for hydroxylation is 1. The van der Waals surface area contributed by atoms with E-state index in [4.69, 9.17) is 25.6 Å². The standard InChI is InChI=1S/C33H35FN8O5S/c1-40-29-26(10-20(12-28(29)47-2)33(44)41-16-21(34)13-22(35)17-41)39-31(40)27-11-19-8-9-25(38-30(19)42(27)15-18-6-7-18)32(43)37-23-4-3-5-24(14-23)48(36,45)46/h3-5,8-12,14,18,21-22H,6-7,13,15-17,35H2,1-2H3,(H,37,43)(H2,36,45,46)/t21-,22-/m1/s1. The molecule has 0 bridgehead atoms. The van der Waals surface area contributed by atoms with Crippen LogP contribution in [0.15, 0.2) is 59.5 Å². The summed E-state index contributed by atoms with van der Waals surface area (Å²) in [5.41, 5.74) is 9.33. The van der Waals surface area contributed by atoms with E-state index in [2.05, 4.69) is 9.88 Å². The van der Waals surface area contributed by atoms with E-state index in [1.807, 2.05) is 23.7 Å². The number of methoxy groups -OCH3 is 1. The second-order valence-electron chi connectivity index (χ2n) is 12.6. The van der Waals surface area contributed by atoms with E-state index in [1.165, 1.54) is 30.2 Å². The van der Waals surface area contributed by atoms with E-state index < -0.39 is 28.1 Å². The van der Waals surface area contributed by atoms with Crippen LogP contribution in [-0.2, 0) is 23.6 Å². The molecule has 7 rings (SSSR count). The minimum Gasteiger partial charge on any atom is -0.494 e. The molecule has 1 saturated carbocycles. The van der Waals surface area contributed by atoms with E-state index in [0.717, 1.165) is 23.9 Å². The summed E-state index contributed by atoms with van der Waals surface area (Å²) in [6.45, 7) is 0.914. The monoisotopic (exact) mass is 674 g/mol. The summed E-state index contributed by atoms with van der Waals surface area (Å²) in [6, 6.07) is 14.0. The Labute approximate surface area is 275 Å². The highest BCUT2D eigenvalue weighted by atomic mass is 32.2. The quantitative estimate of drug-likeness (QED) is 0.224. The number of hydrogen-bond acceptors (Lipinski definition) is 8. The van der Waals surface area contributed by atoms with Gasteiger partial charge in [-0.05, 0) is 73.7 Å². The number of nitrogens with one attached hydrogen (secondary N) is 1. The molecule has 13 nitrogen and oxygen atoms in total. The summed E-state index contributed by atoms with van der Waals surface area (Å²) in [7, 11) is -0.555. The fraction of sp³-hybridized carbons (Fsp3) is 0.333. The molecule has 2 aromatic carbocycles. The van der Waals surface area contributed by atoms with Gasteiger partial charge >= 0.3 is 0 Å². The number of likely N-dealkylation sites (tertiary alicyclic amines) is 1. The third-order valence-electron chi connectivity index (χ3n) is 8.88. The number of pyridine rings is 1. The fourth-order valence-corrected chi connectivity index (χ4v) is 6.93. The number of benzene rings is 2. The van der Waals surface area contributed by atoms with Gasteiger partial charge in [-0.15, -0.1) is 0 Å². The van der Waals surface area contributed by atoms with Gasteiger partial charge in [-0.2, -0.15) is 0 Å². The summed E-state index contributed by atoms with van der Waals surface area (Å²) in [5, 5.41) is 8.76. The van der Waals surface area contributed by atoms with Crippen molar-refractivity contribution >= 4 is 49.6 Å². The maximum absolute atomic E-state index is 14.3. The number of nitrogens with two attached hydrogens (primary N) is 2. The number of imidazole rings is 1. The number of amides is 2. The third kappa shape index (κ3) is 6.00. The van der Waals surface area contributed by atoms with Crippen molar-refractivity contribution in [1.82, 2.24) is 24.0 Å². The Kier molecular flexibility index (Phi) is 7.92.